The lowest BCUT2D eigenvalue weighted by Crippen LogP contribution is -2.27. The van der Waals surface area contributed by atoms with Crippen LogP contribution in [-0.4, -0.2) is 6.54 Å². The molecular weight excluding hydrogens is 316 g/mol. The van der Waals surface area contributed by atoms with Crippen molar-refractivity contribution in [1.82, 2.24) is 5.32 Å². The average Bonchev–Trinajstić information content (AvgIpc) is 2.26. The van der Waals surface area contributed by atoms with Gasteiger partial charge < -0.3 is 5.32 Å². The smallest absolute Gasteiger partial charge is 0.124 e. The van der Waals surface area contributed by atoms with Crippen molar-refractivity contribution in [2.75, 3.05) is 6.54 Å². The summed E-state index contributed by atoms with van der Waals surface area (Å²) in [6.07, 6.45) is 1.12. The number of benzene rings is 1. The first-order chi connectivity index (χ1) is 7.60. The maximum Gasteiger partial charge on any atom is 0.124 e. The van der Waals surface area contributed by atoms with Crippen LogP contribution in [0, 0.1) is 15.3 Å². The van der Waals surface area contributed by atoms with Crippen LogP contribution < -0.4 is 5.32 Å². The molecule has 1 rings (SSSR count). The van der Waals surface area contributed by atoms with E-state index in [1.807, 2.05) is 6.07 Å². The van der Waals surface area contributed by atoms with Gasteiger partial charge in [0.25, 0.3) is 0 Å². The molecule has 16 heavy (non-hydrogen) atoms. The van der Waals surface area contributed by atoms with Crippen molar-refractivity contribution >= 4 is 22.6 Å². The van der Waals surface area contributed by atoms with Crippen LogP contribution in [0.4, 0.5) is 4.39 Å². The third-order valence-corrected chi connectivity index (χ3v) is 3.87. The summed E-state index contributed by atoms with van der Waals surface area (Å²) in [4.78, 5) is 0. The maximum atomic E-state index is 13.1. The Labute approximate surface area is 111 Å². The van der Waals surface area contributed by atoms with Gasteiger partial charge in [-0.05, 0) is 52.7 Å². The highest BCUT2D eigenvalue weighted by Crippen LogP contribution is 2.28. The minimum absolute atomic E-state index is 0.160. The number of nitrogens with one attached hydrogen (secondary N) is 1. The van der Waals surface area contributed by atoms with E-state index < -0.39 is 0 Å². The monoisotopic (exact) mass is 335 g/mol. The zero-order valence-corrected chi connectivity index (χ0v) is 12.2. The van der Waals surface area contributed by atoms with Gasteiger partial charge in [0.15, 0.2) is 0 Å². The van der Waals surface area contributed by atoms with Gasteiger partial charge in [-0.1, -0.05) is 33.3 Å². The Balaban J connectivity index is 3.00. The van der Waals surface area contributed by atoms with Crippen LogP contribution in [0.5, 0.6) is 0 Å². The van der Waals surface area contributed by atoms with Crippen molar-refractivity contribution in [1.29, 1.82) is 0 Å². The minimum Gasteiger partial charge on any atom is -0.310 e. The molecule has 0 saturated carbocycles. The molecule has 0 aliphatic carbocycles. The van der Waals surface area contributed by atoms with Crippen LogP contribution in [-0.2, 0) is 0 Å². The molecule has 1 aromatic carbocycles. The fourth-order valence-corrected chi connectivity index (χ4v) is 2.64. The van der Waals surface area contributed by atoms with Crippen molar-refractivity contribution in [3.05, 3.63) is 33.1 Å². The Morgan fingerprint density at radius 2 is 2.06 bits per heavy atom. The summed E-state index contributed by atoms with van der Waals surface area (Å²) in [5, 5.41) is 3.48. The number of hydrogen-bond acceptors (Lipinski definition) is 1. The third-order valence-electron chi connectivity index (χ3n) is 2.93. The predicted molar refractivity (Wildman–Crippen MR) is 75.0 cm³/mol. The van der Waals surface area contributed by atoms with E-state index in [4.69, 9.17) is 0 Å². The second-order valence-corrected chi connectivity index (χ2v) is 5.25. The summed E-state index contributed by atoms with van der Waals surface area (Å²) in [6.45, 7) is 7.45. The molecule has 0 heterocycles. The lowest BCUT2D eigenvalue weighted by Gasteiger charge is -2.25. The number of hydrogen-bond donors (Lipinski definition) is 1. The number of rotatable bonds is 5. The van der Waals surface area contributed by atoms with Crippen LogP contribution in [0.3, 0.4) is 0 Å². The van der Waals surface area contributed by atoms with Crippen molar-refractivity contribution < 1.29 is 4.39 Å². The largest absolute Gasteiger partial charge is 0.310 e. The van der Waals surface area contributed by atoms with Crippen molar-refractivity contribution in [3.63, 3.8) is 0 Å². The van der Waals surface area contributed by atoms with Gasteiger partial charge in [0.05, 0.1) is 0 Å². The molecule has 0 spiro atoms. The Morgan fingerprint density at radius 1 is 1.38 bits per heavy atom. The van der Waals surface area contributed by atoms with Gasteiger partial charge >= 0.3 is 0 Å². The molecule has 1 aromatic rings. The van der Waals surface area contributed by atoms with Gasteiger partial charge in [-0.3, -0.25) is 0 Å². The van der Waals surface area contributed by atoms with E-state index in [0.29, 0.717) is 12.0 Å². The van der Waals surface area contributed by atoms with Crippen LogP contribution in [0.2, 0.25) is 0 Å². The van der Waals surface area contributed by atoms with Crippen LogP contribution in [0.15, 0.2) is 18.2 Å². The first-order valence-corrected chi connectivity index (χ1v) is 6.86. The molecule has 0 fully saturated rings. The first-order valence-electron chi connectivity index (χ1n) is 5.78. The Bertz CT molecular complexity index is 341. The third kappa shape index (κ3) is 3.42. The highest BCUT2D eigenvalue weighted by molar-refractivity contribution is 14.1. The molecule has 0 radical (unpaired) electrons. The quantitative estimate of drug-likeness (QED) is 0.798. The fraction of sp³-hybridized carbons (Fsp3) is 0.538. The highest BCUT2D eigenvalue weighted by atomic mass is 127. The molecule has 90 valence electrons. The van der Waals surface area contributed by atoms with E-state index in [2.05, 4.69) is 48.7 Å². The molecule has 0 amide bonds. The van der Waals surface area contributed by atoms with Gasteiger partial charge in [0.2, 0.25) is 0 Å². The zero-order chi connectivity index (χ0) is 12.1. The van der Waals surface area contributed by atoms with E-state index in [1.165, 1.54) is 5.56 Å². The van der Waals surface area contributed by atoms with Crippen LogP contribution in [0.25, 0.3) is 0 Å². The summed E-state index contributed by atoms with van der Waals surface area (Å²) >= 11 is 2.21. The van der Waals surface area contributed by atoms with Gasteiger partial charge in [0, 0.05) is 9.61 Å². The van der Waals surface area contributed by atoms with Gasteiger partial charge in [-0.25, -0.2) is 4.39 Å². The SMILES string of the molecule is CCNC(c1ccc(F)cc1I)C(C)CC. The van der Waals surface area contributed by atoms with Gasteiger partial charge in [0.1, 0.15) is 5.82 Å². The molecule has 0 bridgehead atoms. The minimum atomic E-state index is -0.160. The summed E-state index contributed by atoms with van der Waals surface area (Å²) in [6, 6.07) is 5.37. The van der Waals surface area contributed by atoms with Crippen molar-refractivity contribution in [2.24, 2.45) is 5.92 Å². The molecule has 0 saturated heterocycles. The molecule has 1 nitrogen and oxygen atoms in total. The van der Waals surface area contributed by atoms with E-state index >= 15 is 0 Å². The molecule has 2 unspecified atom stereocenters. The topological polar surface area (TPSA) is 12.0 Å². The zero-order valence-electron chi connectivity index (χ0n) is 10.1. The molecule has 3 heteroatoms. The second-order valence-electron chi connectivity index (χ2n) is 4.09. The predicted octanol–water partition coefficient (Wildman–Crippen LogP) is 4.13. The molecule has 0 aromatic heterocycles. The van der Waals surface area contributed by atoms with Crippen LogP contribution in [0.1, 0.15) is 38.8 Å². The lowest BCUT2D eigenvalue weighted by molar-refractivity contribution is 0.382. The van der Waals surface area contributed by atoms with Crippen molar-refractivity contribution in [2.45, 2.75) is 33.2 Å². The average molecular weight is 335 g/mol. The van der Waals surface area contributed by atoms with Gasteiger partial charge in [-0.2, -0.15) is 0 Å². The Hall–Kier alpha value is -0.160. The fourth-order valence-electron chi connectivity index (χ4n) is 1.83. The summed E-state index contributed by atoms with van der Waals surface area (Å²) in [5.41, 5.74) is 1.21. The summed E-state index contributed by atoms with van der Waals surface area (Å²) in [7, 11) is 0. The molecular formula is C13H19FIN. The Morgan fingerprint density at radius 3 is 2.56 bits per heavy atom. The van der Waals surface area contributed by atoms with Crippen molar-refractivity contribution in [3.8, 4) is 0 Å². The van der Waals surface area contributed by atoms with E-state index in [9.17, 15) is 4.39 Å². The maximum absolute atomic E-state index is 13.1. The molecule has 2 atom stereocenters. The summed E-state index contributed by atoms with van der Waals surface area (Å²) in [5.74, 6) is 0.395. The Kier molecular flexibility index (Phi) is 5.69. The van der Waals surface area contributed by atoms with E-state index in [0.717, 1.165) is 16.5 Å². The van der Waals surface area contributed by atoms with Gasteiger partial charge in [-0.15, -0.1) is 0 Å². The first kappa shape index (κ1) is 13.9. The molecule has 1 N–H and O–H groups in total. The van der Waals surface area contributed by atoms with Crippen LogP contribution >= 0.6 is 22.6 Å². The normalized spacial score (nSPS) is 14.8. The lowest BCUT2D eigenvalue weighted by atomic mass is 9.92. The molecule has 0 aliphatic heterocycles. The second kappa shape index (κ2) is 6.55. The summed E-state index contributed by atoms with van der Waals surface area (Å²) < 4.78 is 14.1. The number of halogens is 2. The highest BCUT2D eigenvalue weighted by Gasteiger charge is 2.19. The van der Waals surface area contributed by atoms with E-state index in [-0.39, 0.29) is 5.82 Å². The standard InChI is InChI=1S/C13H19FIN/c1-4-9(3)13(16-5-2)11-7-6-10(14)8-12(11)15/h6-9,13,16H,4-5H2,1-3H3. The molecule has 0 aliphatic rings. The van der Waals surface area contributed by atoms with E-state index in [1.54, 1.807) is 12.1 Å².